The van der Waals surface area contributed by atoms with E-state index in [1.165, 1.54) is 0 Å². The summed E-state index contributed by atoms with van der Waals surface area (Å²) in [5.74, 6) is -1.11. The molecule has 0 aliphatic rings. The summed E-state index contributed by atoms with van der Waals surface area (Å²) in [5, 5.41) is 9.05. The lowest BCUT2D eigenvalue weighted by molar-refractivity contribution is -0.139. The first-order valence-corrected chi connectivity index (χ1v) is 5.87. The van der Waals surface area contributed by atoms with Crippen LogP contribution in [0.1, 0.15) is 52.9 Å². The van der Waals surface area contributed by atoms with Crippen LogP contribution in [-0.4, -0.2) is 23.3 Å². The summed E-state index contributed by atoms with van der Waals surface area (Å²) >= 11 is 0. The third kappa shape index (κ3) is 6.26. The molecule has 1 N–H and O–H groups in total. The van der Waals surface area contributed by atoms with Crippen molar-refractivity contribution in [2.75, 3.05) is 6.54 Å². The Balaban J connectivity index is 4.20. The average Bonchev–Trinajstić information content (AvgIpc) is 2.18. The first-order chi connectivity index (χ1) is 7.13. The van der Waals surface area contributed by atoms with Gasteiger partial charge in [0.1, 0.15) is 0 Å². The molecule has 88 valence electrons. The highest BCUT2D eigenvalue weighted by molar-refractivity contribution is 6.00. The first-order valence-electron chi connectivity index (χ1n) is 5.87. The molecule has 0 aliphatic carbocycles. The second kappa shape index (κ2) is 8.45. The molecule has 15 heavy (non-hydrogen) atoms. The van der Waals surface area contributed by atoms with Gasteiger partial charge < -0.3 is 5.11 Å². The first kappa shape index (κ1) is 14.1. The number of aliphatic carboxylic acids is 1. The molecule has 0 heterocycles. The van der Waals surface area contributed by atoms with Gasteiger partial charge in [0.25, 0.3) is 0 Å². The van der Waals surface area contributed by atoms with Gasteiger partial charge in [0.05, 0.1) is 5.92 Å². The molecule has 0 aromatic carbocycles. The van der Waals surface area contributed by atoms with Crippen LogP contribution >= 0.6 is 0 Å². The molecule has 1 atom stereocenters. The number of rotatable bonds is 8. The van der Waals surface area contributed by atoms with E-state index in [4.69, 9.17) is 5.11 Å². The van der Waals surface area contributed by atoms with Crippen LogP contribution in [0.15, 0.2) is 4.99 Å². The van der Waals surface area contributed by atoms with Crippen LogP contribution in [0.2, 0.25) is 0 Å². The molecule has 0 bridgehead atoms. The number of hydrogen-bond acceptors (Lipinski definition) is 2. The molecule has 3 nitrogen and oxygen atoms in total. The second-order valence-electron chi connectivity index (χ2n) is 3.91. The van der Waals surface area contributed by atoms with E-state index in [1.807, 2.05) is 6.92 Å². The van der Waals surface area contributed by atoms with Gasteiger partial charge in [-0.05, 0) is 19.8 Å². The molecule has 0 aromatic heterocycles. The zero-order chi connectivity index (χ0) is 11.7. The molecular formula is C12H23NO2. The quantitative estimate of drug-likeness (QED) is 0.497. The molecule has 0 fully saturated rings. The number of unbranched alkanes of at least 4 members (excludes halogenated alkanes) is 2. The number of carboxylic acid groups (broad SMARTS) is 1. The fourth-order valence-electron chi connectivity index (χ4n) is 1.44. The smallest absolute Gasteiger partial charge is 0.312 e. The Morgan fingerprint density at radius 3 is 2.33 bits per heavy atom. The second-order valence-corrected chi connectivity index (χ2v) is 3.91. The van der Waals surface area contributed by atoms with Crippen LogP contribution in [-0.2, 0) is 4.79 Å². The predicted octanol–water partition coefficient (Wildman–Crippen LogP) is 3.14. The van der Waals surface area contributed by atoms with Gasteiger partial charge in [0, 0.05) is 12.3 Å². The highest BCUT2D eigenvalue weighted by atomic mass is 16.4. The van der Waals surface area contributed by atoms with Crippen LogP contribution in [0, 0.1) is 5.92 Å². The Hall–Kier alpha value is -0.860. The summed E-state index contributed by atoms with van der Waals surface area (Å²) < 4.78 is 0. The minimum Gasteiger partial charge on any atom is -0.481 e. The highest BCUT2D eigenvalue weighted by Crippen LogP contribution is 2.11. The van der Waals surface area contributed by atoms with E-state index >= 15 is 0 Å². The summed E-state index contributed by atoms with van der Waals surface area (Å²) in [6.07, 6.45) is 4.85. The van der Waals surface area contributed by atoms with Gasteiger partial charge >= 0.3 is 5.97 Å². The third-order valence-electron chi connectivity index (χ3n) is 2.52. The van der Waals surface area contributed by atoms with Gasteiger partial charge in [-0.1, -0.05) is 33.1 Å². The van der Waals surface area contributed by atoms with Crippen molar-refractivity contribution in [3.05, 3.63) is 0 Å². The Kier molecular flexibility index (Phi) is 7.96. The zero-order valence-electron chi connectivity index (χ0n) is 10.1. The zero-order valence-corrected chi connectivity index (χ0v) is 10.1. The largest absolute Gasteiger partial charge is 0.481 e. The van der Waals surface area contributed by atoms with Crippen molar-refractivity contribution in [1.82, 2.24) is 0 Å². The topological polar surface area (TPSA) is 49.7 Å². The van der Waals surface area contributed by atoms with Gasteiger partial charge in [-0.25, -0.2) is 0 Å². The maximum Gasteiger partial charge on any atom is 0.312 e. The van der Waals surface area contributed by atoms with Crippen molar-refractivity contribution in [3.63, 3.8) is 0 Å². The van der Waals surface area contributed by atoms with Crippen molar-refractivity contribution >= 4 is 11.7 Å². The third-order valence-corrected chi connectivity index (χ3v) is 2.52. The summed E-state index contributed by atoms with van der Waals surface area (Å²) in [6, 6.07) is 0. The fourth-order valence-corrected chi connectivity index (χ4v) is 1.44. The number of carboxylic acids is 1. The highest BCUT2D eigenvalue weighted by Gasteiger charge is 2.19. The Morgan fingerprint density at radius 2 is 1.87 bits per heavy atom. The van der Waals surface area contributed by atoms with Crippen molar-refractivity contribution in [2.24, 2.45) is 10.9 Å². The van der Waals surface area contributed by atoms with Crippen molar-refractivity contribution < 1.29 is 9.90 Å². The Bertz CT molecular complexity index is 212. The van der Waals surface area contributed by atoms with E-state index in [1.54, 1.807) is 0 Å². The molecule has 0 aromatic rings. The van der Waals surface area contributed by atoms with Crippen LogP contribution in [0.25, 0.3) is 0 Å². The van der Waals surface area contributed by atoms with E-state index in [0.717, 1.165) is 37.9 Å². The number of hydrogen-bond donors (Lipinski definition) is 1. The van der Waals surface area contributed by atoms with Gasteiger partial charge in [0.15, 0.2) is 0 Å². The molecule has 0 rings (SSSR count). The molecule has 0 spiro atoms. The monoisotopic (exact) mass is 213 g/mol. The maximum atomic E-state index is 11.0. The van der Waals surface area contributed by atoms with E-state index in [0.29, 0.717) is 6.42 Å². The van der Waals surface area contributed by atoms with E-state index in [-0.39, 0.29) is 5.92 Å². The molecule has 0 radical (unpaired) electrons. The number of nitrogens with zero attached hydrogens (tertiary/aromatic N) is 1. The van der Waals surface area contributed by atoms with Crippen molar-refractivity contribution in [3.8, 4) is 0 Å². The summed E-state index contributed by atoms with van der Waals surface area (Å²) in [7, 11) is 0. The van der Waals surface area contributed by atoms with Gasteiger partial charge in [-0.3, -0.25) is 9.79 Å². The van der Waals surface area contributed by atoms with Crippen LogP contribution in [0.5, 0.6) is 0 Å². The van der Waals surface area contributed by atoms with Crippen LogP contribution < -0.4 is 0 Å². The summed E-state index contributed by atoms with van der Waals surface area (Å²) in [4.78, 5) is 15.3. The minimum atomic E-state index is -0.735. The molecule has 0 saturated heterocycles. The van der Waals surface area contributed by atoms with E-state index < -0.39 is 5.97 Å². The average molecular weight is 213 g/mol. The molecule has 1 unspecified atom stereocenters. The lowest BCUT2D eigenvalue weighted by Crippen LogP contribution is -2.22. The lowest BCUT2D eigenvalue weighted by Gasteiger charge is -2.11. The Morgan fingerprint density at radius 1 is 1.27 bits per heavy atom. The molecule has 0 amide bonds. The normalized spacial score (nSPS) is 13.9. The van der Waals surface area contributed by atoms with Crippen LogP contribution in [0.3, 0.4) is 0 Å². The number of aliphatic imine (C=N–C) groups is 1. The van der Waals surface area contributed by atoms with E-state index in [2.05, 4.69) is 18.8 Å². The van der Waals surface area contributed by atoms with Gasteiger partial charge in [-0.2, -0.15) is 0 Å². The summed E-state index contributed by atoms with van der Waals surface area (Å²) in [6.45, 7) is 6.78. The molecule has 0 aliphatic heterocycles. The SMILES string of the molecule is CCCC/N=C(/C)C(CCCC)C(=O)O. The number of carbonyl (C=O) groups is 1. The van der Waals surface area contributed by atoms with Gasteiger partial charge in [-0.15, -0.1) is 0 Å². The minimum absolute atomic E-state index is 0.373. The van der Waals surface area contributed by atoms with Crippen LogP contribution in [0.4, 0.5) is 0 Å². The standard InChI is InChI=1S/C12H23NO2/c1-4-6-8-11(12(14)15)10(3)13-9-7-5-2/h11H,4-9H2,1-3H3,(H,14,15)/b13-10-. The molecular weight excluding hydrogens is 190 g/mol. The predicted molar refractivity (Wildman–Crippen MR) is 63.5 cm³/mol. The molecule has 3 heteroatoms. The maximum absolute atomic E-state index is 11.0. The lowest BCUT2D eigenvalue weighted by atomic mass is 9.98. The summed E-state index contributed by atoms with van der Waals surface area (Å²) in [5.41, 5.74) is 0.782. The Labute approximate surface area is 92.6 Å². The fraction of sp³-hybridized carbons (Fsp3) is 0.833. The van der Waals surface area contributed by atoms with E-state index in [9.17, 15) is 4.79 Å². The van der Waals surface area contributed by atoms with Gasteiger partial charge in [0.2, 0.25) is 0 Å². The molecule has 0 saturated carbocycles. The van der Waals surface area contributed by atoms with Crippen molar-refractivity contribution in [2.45, 2.75) is 52.9 Å². The van der Waals surface area contributed by atoms with Crippen molar-refractivity contribution in [1.29, 1.82) is 0 Å².